The quantitative estimate of drug-likeness (QED) is 0.832. The van der Waals surface area contributed by atoms with Crippen LogP contribution in [0.3, 0.4) is 0 Å². The van der Waals surface area contributed by atoms with E-state index in [2.05, 4.69) is 0 Å². The third-order valence-corrected chi connectivity index (χ3v) is 4.12. The first kappa shape index (κ1) is 13.1. The van der Waals surface area contributed by atoms with Gasteiger partial charge in [-0.2, -0.15) is 0 Å². The van der Waals surface area contributed by atoms with Crippen LogP contribution in [0.2, 0.25) is 0 Å². The fourth-order valence-corrected chi connectivity index (χ4v) is 2.87. The molecule has 106 valence electrons. The SMILES string of the molecule is COc1ccc(C)cc1C(N)CN1C(=O)C2CC2C1=O. The summed E-state index contributed by atoms with van der Waals surface area (Å²) < 4.78 is 5.30. The lowest BCUT2D eigenvalue weighted by Crippen LogP contribution is -2.38. The summed E-state index contributed by atoms with van der Waals surface area (Å²) >= 11 is 0. The van der Waals surface area contributed by atoms with Crippen LogP contribution < -0.4 is 10.5 Å². The van der Waals surface area contributed by atoms with Crippen LogP contribution in [0.1, 0.15) is 23.6 Å². The van der Waals surface area contributed by atoms with Gasteiger partial charge in [0.2, 0.25) is 11.8 Å². The smallest absolute Gasteiger partial charge is 0.233 e. The van der Waals surface area contributed by atoms with Crippen molar-refractivity contribution in [2.24, 2.45) is 17.6 Å². The number of nitrogens with two attached hydrogens (primary N) is 1. The Morgan fingerprint density at radius 1 is 1.35 bits per heavy atom. The molecule has 5 heteroatoms. The van der Waals surface area contributed by atoms with E-state index in [1.54, 1.807) is 7.11 Å². The molecule has 3 rings (SSSR count). The molecule has 0 spiro atoms. The zero-order chi connectivity index (χ0) is 14.4. The maximum atomic E-state index is 12.0. The second-order valence-corrected chi connectivity index (χ2v) is 5.59. The van der Waals surface area contributed by atoms with Crippen molar-refractivity contribution >= 4 is 11.8 Å². The Bertz CT molecular complexity index is 564. The number of benzene rings is 1. The van der Waals surface area contributed by atoms with Crippen molar-refractivity contribution in [3.05, 3.63) is 29.3 Å². The van der Waals surface area contributed by atoms with Crippen LogP contribution in [0, 0.1) is 18.8 Å². The van der Waals surface area contributed by atoms with Gasteiger partial charge >= 0.3 is 0 Å². The van der Waals surface area contributed by atoms with E-state index in [-0.39, 0.29) is 30.2 Å². The average Bonchev–Trinajstić information content (AvgIpc) is 3.19. The topological polar surface area (TPSA) is 72.6 Å². The Kier molecular flexibility index (Phi) is 3.01. The lowest BCUT2D eigenvalue weighted by atomic mass is 10.0. The Labute approximate surface area is 117 Å². The van der Waals surface area contributed by atoms with E-state index >= 15 is 0 Å². The normalized spacial score (nSPS) is 25.6. The summed E-state index contributed by atoms with van der Waals surface area (Å²) in [7, 11) is 1.59. The fraction of sp³-hybridized carbons (Fsp3) is 0.467. The second kappa shape index (κ2) is 4.59. The van der Waals surface area contributed by atoms with Crippen molar-refractivity contribution in [1.82, 2.24) is 4.90 Å². The molecule has 1 saturated heterocycles. The summed E-state index contributed by atoms with van der Waals surface area (Å²) in [5.41, 5.74) is 8.07. The highest BCUT2D eigenvalue weighted by atomic mass is 16.5. The summed E-state index contributed by atoms with van der Waals surface area (Å²) in [5, 5.41) is 0. The molecule has 2 amide bonds. The minimum absolute atomic E-state index is 0.0675. The molecule has 2 aliphatic rings. The average molecular weight is 274 g/mol. The van der Waals surface area contributed by atoms with E-state index in [9.17, 15) is 9.59 Å². The van der Waals surface area contributed by atoms with Crippen molar-refractivity contribution in [3.8, 4) is 5.75 Å². The van der Waals surface area contributed by atoms with E-state index in [0.717, 1.165) is 17.5 Å². The molecule has 1 aliphatic heterocycles. The molecule has 2 N–H and O–H groups in total. The third-order valence-electron chi connectivity index (χ3n) is 4.12. The summed E-state index contributed by atoms with van der Waals surface area (Å²) in [4.78, 5) is 25.2. The predicted molar refractivity (Wildman–Crippen MR) is 73.0 cm³/mol. The van der Waals surface area contributed by atoms with Gasteiger partial charge in [-0.3, -0.25) is 14.5 Å². The maximum absolute atomic E-state index is 12.0. The molecule has 0 bridgehead atoms. The Morgan fingerprint density at radius 3 is 2.60 bits per heavy atom. The molecule has 0 aromatic heterocycles. The summed E-state index contributed by atoms with van der Waals surface area (Å²) in [5.74, 6) is 0.403. The molecule has 2 fully saturated rings. The van der Waals surface area contributed by atoms with Crippen LogP contribution in [0.25, 0.3) is 0 Å². The molecule has 3 unspecified atom stereocenters. The Morgan fingerprint density at radius 2 is 2.00 bits per heavy atom. The van der Waals surface area contributed by atoms with Crippen LogP contribution in [0.15, 0.2) is 18.2 Å². The van der Waals surface area contributed by atoms with E-state index in [1.165, 1.54) is 4.90 Å². The minimum Gasteiger partial charge on any atom is -0.496 e. The molecule has 0 radical (unpaired) electrons. The monoisotopic (exact) mass is 274 g/mol. The van der Waals surface area contributed by atoms with Gasteiger partial charge < -0.3 is 10.5 Å². The number of hydrogen-bond donors (Lipinski definition) is 1. The molecule has 3 atom stereocenters. The molecule has 1 aromatic carbocycles. The van der Waals surface area contributed by atoms with Crippen LogP contribution in [0.4, 0.5) is 0 Å². The zero-order valence-electron chi connectivity index (χ0n) is 11.6. The Balaban J connectivity index is 1.80. The zero-order valence-corrected chi connectivity index (χ0v) is 11.6. The summed E-state index contributed by atoms with van der Waals surface area (Å²) in [6.45, 7) is 2.20. The predicted octanol–water partition coefficient (Wildman–Crippen LogP) is 1.01. The highest BCUT2D eigenvalue weighted by Gasteiger charge is 2.58. The van der Waals surface area contributed by atoms with E-state index in [1.807, 2.05) is 25.1 Å². The fourth-order valence-electron chi connectivity index (χ4n) is 2.87. The number of piperidine rings is 1. The van der Waals surface area contributed by atoms with Crippen molar-refractivity contribution < 1.29 is 14.3 Å². The summed E-state index contributed by atoms with van der Waals surface area (Å²) in [6.07, 6.45) is 0.719. The first-order chi connectivity index (χ1) is 9.52. The number of imide groups is 1. The van der Waals surface area contributed by atoms with Gasteiger partial charge in [-0.15, -0.1) is 0 Å². The van der Waals surface area contributed by atoms with Gasteiger partial charge in [0.1, 0.15) is 5.75 Å². The molecule has 1 aliphatic carbocycles. The number of likely N-dealkylation sites (tertiary alicyclic amines) is 1. The van der Waals surface area contributed by atoms with Crippen molar-refractivity contribution in [2.45, 2.75) is 19.4 Å². The number of nitrogens with zero attached hydrogens (tertiary/aromatic N) is 1. The number of hydrogen-bond acceptors (Lipinski definition) is 4. The number of aryl methyl sites for hydroxylation is 1. The second-order valence-electron chi connectivity index (χ2n) is 5.59. The van der Waals surface area contributed by atoms with Crippen LogP contribution in [0.5, 0.6) is 5.75 Å². The van der Waals surface area contributed by atoms with E-state index in [4.69, 9.17) is 10.5 Å². The Hall–Kier alpha value is -1.88. The molecule has 5 nitrogen and oxygen atoms in total. The van der Waals surface area contributed by atoms with Gasteiger partial charge in [-0.05, 0) is 19.4 Å². The lowest BCUT2D eigenvalue weighted by Gasteiger charge is -2.22. The number of methoxy groups -OCH3 is 1. The number of fused-ring (bicyclic) bond motifs is 1. The molecule has 1 heterocycles. The third kappa shape index (κ3) is 1.98. The highest BCUT2D eigenvalue weighted by molar-refractivity contribution is 6.08. The van der Waals surface area contributed by atoms with E-state index < -0.39 is 6.04 Å². The van der Waals surface area contributed by atoms with Gasteiger partial charge in [0.25, 0.3) is 0 Å². The number of carbonyl (C=O) groups excluding carboxylic acids is 2. The van der Waals surface area contributed by atoms with Gasteiger partial charge in [-0.25, -0.2) is 0 Å². The van der Waals surface area contributed by atoms with Gasteiger partial charge in [0.05, 0.1) is 25.0 Å². The minimum atomic E-state index is -0.421. The molecule has 1 aromatic rings. The molecular weight excluding hydrogens is 256 g/mol. The first-order valence-electron chi connectivity index (χ1n) is 6.78. The summed E-state index contributed by atoms with van der Waals surface area (Å²) in [6, 6.07) is 5.32. The van der Waals surface area contributed by atoms with Gasteiger partial charge in [-0.1, -0.05) is 17.7 Å². The van der Waals surface area contributed by atoms with Crippen LogP contribution >= 0.6 is 0 Å². The number of amides is 2. The van der Waals surface area contributed by atoms with Crippen LogP contribution in [-0.2, 0) is 9.59 Å². The van der Waals surface area contributed by atoms with Gasteiger partial charge in [0, 0.05) is 12.1 Å². The van der Waals surface area contributed by atoms with Crippen molar-refractivity contribution in [2.75, 3.05) is 13.7 Å². The van der Waals surface area contributed by atoms with E-state index in [0.29, 0.717) is 5.75 Å². The highest BCUT2D eigenvalue weighted by Crippen LogP contribution is 2.47. The standard InChI is InChI=1S/C15H18N2O3/c1-8-3-4-13(20-2)11(5-8)12(16)7-17-14(18)9-6-10(9)15(17)19/h3-5,9-10,12H,6-7,16H2,1-2H3. The van der Waals surface area contributed by atoms with Gasteiger partial charge in [0.15, 0.2) is 0 Å². The van der Waals surface area contributed by atoms with Crippen molar-refractivity contribution in [1.29, 1.82) is 0 Å². The molecule has 1 saturated carbocycles. The van der Waals surface area contributed by atoms with Crippen LogP contribution in [-0.4, -0.2) is 30.4 Å². The lowest BCUT2D eigenvalue weighted by molar-refractivity contribution is -0.141. The number of rotatable bonds is 4. The van der Waals surface area contributed by atoms with Crippen molar-refractivity contribution in [3.63, 3.8) is 0 Å². The molecule has 20 heavy (non-hydrogen) atoms. The largest absolute Gasteiger partial charge is 0.496 e. The first-order valence-corrected chi connectivity index (χ1v) is 6.78. The number of carbonyl (C=O) groups is 2. The number of ether oxygens (including phenoxy) is 1. The maximum Gasteiger partial charge on any atom is 0.233 e. The molecular formula is C15H18N2O3.